The zero-order valence-electron chi connectivity index (χ0n) is 10.8. The molecule has 0 aliphatic heterocycles. The molecule has 0 N–H and O–H groups in total. The van der Waals surface area contributed by atoms with Crippen LogP contribution in [0, 0.1) is 5.82 Å². The molecule has 2 aromatic rings. The summed E-state index contributed by atoms with van der Waals surface area (Å²) in [6.07, 6.45) is -4.87. The molecule has 0 fully saturated rings. The van der Waals surface area contributed by atoms with Gasteiger partial charge in [-0.1, -0.05) is 11.6 Å². The molecular weight excluding hydrogens is 348 g/mol. The van der Waals surface area contributed by atoms with Crippen molar-refractivity contribution in [2.45, 2.75) is 11.1 Å². The highest BCUT2D eigenvalue weighted by Crippen LogP contribution is 2.28. The standard InChI is InChI=1S/C12H7ClF4N2O2S/c1-18-9(12(15,16)17)4-10(20)19(11(18)21)7-3-8(22)6(14)2-5(7)13/h2-4,22H,1H3. The Bertz CT molecular complexity index is 873. The molecule has 118 valence electrons. The zero-order valence-corrected chi connectivity index (χ0v) is 12.4. The quantitative estimate of drug-likeness (QED) is 0.632. The fraction of sp³-hybridized carbons (Fsp3) is 0.167. The minimum atomic E-state index is -4.87. The number of nitrogens with zero attached hydrogens (tertiary/aromatic N) is 2. The maximum atomic E-state index is 13.3. The summed E-state index contributed by atoms with van der Waals surface area (Å²) in [5.74, 6) is -0.797. The van der Waals surface area contributed by atoms with Crippen molar-refractivity contribution in [3.05, 3.63) is 55.6 Å². The van der Waals surface area contributed by atoms with Crippen LogP contribution in [0.15, 0.2) is 32.7 Å². The lowest BCUT2D eigenvalue weighted by Gasteiger charge is -2.14. The maximum Gasteiger partial charge on any atom is 0.431 e. The lowest BCUT2D eigenvalue weighted by Crippen LogP contribution is -2.40. The number of hydrogen-bond donors (Lipinski definition) is 1. The van der Waals surface area contributed by atoms with E-state index in [1.807, 2.05) is 0 Å². The Hall–Kier alpha value is -1.74. The van der Waals surface area contributed by atoms with Gasteiger partial charge in [0.25, 0.3) is 5.56 Å². The van der Waals surface area contributed by atoms with Crippen molar-refractivity contribution in [1.29, 1.82) is 0 Å². The van der Waals surface area contributed by atoms with Gasteiger partial charge in [0, 0.05) is 18.0 Å². The minimum Gasteiger partial charge on any atom is -0.292 e. The number of rotatable bonds is 1. The summed E-state index contributed by atoms with van der Waals surface area (Å²) in [5.41, 5.74) is -4.16. The molecular formula is C12H7ClF4N2O2S. The number of aromatic nitrogens is 2. The molecule has 1 aromatic carbocycles. The third kappa shape index (κ3) is 2.78. The van der Waals surface area contributed by atoms with Crippen molar-refractivity contribution >= 4 is 24.2 Å². The lowest BCUT2D eigenvalue weighted by atomic mass is 10.3. The summed E-state index contributed by atoms with van der Waals surface area (Å²) in [7, 11) is 0.861. The van der Waals surface area contributed by atoms with Gasteiger partial charge in [0.1, 0.15) is 11.5 Å². The molecule has 0 amide bonds. The van der Waals surface area contributed by atoms with E-state index in [2.05, 4.69) is 12.6 Å². The largest absolute Gasteiger partial charge is 0.431 e. The van der Waals surface area contributed by atoms with Crippen molar-refractivity contribution < 1.29 is 17.6 Å². The summed E-state index contributed by atoms with van der Waals surface area (Å²) < 4.78 is 52.2. The molecule has 0 spiro atoms. The lowest BCUT2D eigenvalue weighted by molar-refractivity contribution is -0.144. The summed E-state index contributed by atoms with van der Waals surface area (Å²) >= 11 is 9.55. The number of halogens is 5. The van der Waals surface area contributed by atoms with E-state index in [1.54, 1.807) is 0 Å². The summed E-state index contributed by atoms with van der Waals surface area (Å²) in [4.78, 5) is 23.7. The fourth-order valence-corrected chi connectivity index (χ4v) is 2.24. The van der Waals surface area contributed by atoms with Crippen molar-refractivity contribution in [1.82, 2.24) is 9.13 Å². The second-order valence-electron chi connectivity index (χ2n) is 4.30. The van der Waals surface area contributed by atoms with Crippen LogP contribution in [0.3, 0.4) is 0 Å². The minimum absolute atomic E-state index is 0.215. The number of hydrogen-bond acceptors (Lipinski definition) is 3. The van der Waals surface area contributed by atoms with Crippen molar-refractivity contribution in [3.63, 3.8) is 0 Å². The molecule has 4 nitrogen and oxygen atoms in total. The van der Waals surface area contributed by atoms with E-state index >= 15 is 0 Å². The monoisotopic (exact) mass is 354 g/mol. The third-order valence-corrected chi connectivity index (χ3v) is 3.51. The Morgan fingerprint density at radius 2 is 1.77 bits per heavy atom. The van der Waals surface area contributed by atoms with Gasteiger partial charge in [-0.3, -0.25) is 9.36 Å². The first-order valence-corrected chi connectivity index (χ1v) is 6.45. The Morgan fingerprint density at radius 1 is 1.18 bits per heavy atom. The molecule has 22 heavy (non-hydrogen) atoms. The molecule has 1 heterocycles. The van der Waals surface area contributed by atoms with Crippen molar-refractivity contribution in [2.75, 3.05) is 0 Å². The Morgan fingerprint density at radius 3 is 2.32 bits per heavy atom. The van der Waals surface area contributed by atoms with Gasteiger partial charge in [0.2, 0.25) is 0 Å². The SMILES string of the molecule is Cn1c(C(F)(F)F)cc(=O)n(-c2cc(S)c(F)cc2Cl)c1=O. The topological polar surface area (TPSA) is 44.0 Å². The molecule has 0 aliphatic rings. The van der Waals surface area contributed by atoms with Crippen molar-refractivity contribution in [3.8, 4) is 5.69 Å². The van der Waals surface area contributed by atoms with Crippen LogP contribution < -0.4 is 11.2 Å². The van der Waals surface area contributed by atoms with Gasteiger partial charge in [0.15, 0.2) is 0 Å². The molecule has 0 bridgehead atoms. The molecule has 2 rings (SSSR count). The van der Waals surface area contributed by atoms with Gasteiger partial charge >= 0.3 is 11.9 Å². The highest BCUT2D eigenvalue weighted by Gasteiger charge is 2.35. The van der Waals surface area contributed by atoms with E-state index < -0.39 is 28.9 Å². The van der Waals surface area contributed by atoms with Gasteiger partial charge in [-0.25, -0.2) is 13.8 Å². The Kier molecular flexibility index (Phi) is 4.14. The first kappa shape index (κ1) is 16.6. The van der Waals surface area contributed by atoms with E-state index in [9.17, 15) is 27.2 Å². The van der Waals surface area contributed by atoms with Gasteiger partial charge in [-0.15, -0.1) is 12.6 Å². The first-order valence-electron chi connectivity index (χ1n) is 5.62. The smallest absolute Gasteiger partial charge is 0.292 e. The average molecular weight is 355 g/mol. The van der Waals surface area contributed by atoms with Crippen LogP contribution in [0.25, 0.3) is 5.69 Å². The molecule has 1 aromatic heterocycles. The van der Waals surface area contributed by atoms with Crippen LogP contribution >= 0.6 is 24.2 Å². The number of thiol groups is 1. The van der Waals surface area contributed by atoms with Crippen LogP contribution in [-0.4, -0.2) is 9.13 Å². The van der Waals surface area contributed by atoms with E-state index in [1.165, 1.54) is 0 Å². The molecule has 0 saturated carbocycles. The van der Waals surface area contributed by atoms with Crippen LogP contribution in [0.1, 0.15) is 5.69 Å². The van der Waals surface area contributed by atoms with Gasteiger partial charge in [-0.05, 0) is 12.1 Å². The molecule has 0 radical (unpaired) electrons. The number of benzene rings is 1. The van der Waals surface area contributed by atoms with E-state index in [0.29, 0.717) is 4.57 Å². The Balaban J connectivity index is 2.85. The third-order valence-electron chi connectivity index (χ3n) is 2.87. The van der Waals surface area contributed by atoms with Crippen LogP contribution in [0.4, 0.5) is 17.6 Å². The summed E-state index contributed by atoms with van der Waals surface area (Å²) in [6, 6.07) is 2.05. The fourth-order valence-electron chi connectivity index (χ4n) is 1.82. The van der Waals surface area contributed by atoms with Crippen molar-refractivity contribution in [2.24, 2.45) is 7.05 Å². The molecule has 0 atom stereocenters. The second kappa shape index (κ2) is 5.47. The zero-order chi connectivity index (χ0) is 16.8. The summed E-state index contributed by atoms with van der Waals surface area (Å²) in [5, 5.41) is -0.311. The Labute approximate surface area is 131 Å². The molecule has 0 unspecified atom stereocenters. The highest BCUT2D eigenvalue weighted by molar-refractivity contribution is 7.80. The molecule has 10 heteroatoms. The normalized spacial score (nSPS) is 11.8. The average Bonchev–Trinajstić information content (AvgIpc) is 2.38. The predicted octanol–water partition coefficient (Wildman–Crippen LogP) is 2.64. The number of alkyl halides is 3. The van der Waals surface area contributed by atoms with Gasteiger partial charge in [0.05, 0.1) is 10.7 Å². The molecule has 0 saturated heterocycles. The first-order chi connectivity index (χ1) is 10.0. The van der Waals surface area contributed by atoms with Crippen LogP contribution in [0.2, 0.25) is 5.02 Å². The van der Waals surface area contributed by atoms with E-state index in [0.717, 1.165) is 19.2 Å². The van der Waals surface area contributed by atoms with Crippen LogP contribution in [0.5, 0.6) is 0 Å². The summed E-state index contributed by atoms with van der Waals surface area (Å²) in [6.45, 7) is 0. The van der Waals surface area contributed by atoms with Gasteiger partial charge < -0.3 is 0 Å². The van der Waals surface area contributed by atoms with Crippen LogP contribution in [-0.2, 0) is 13.2 Å². The molecule has 0 aliphatic carbocycles. The predicted molar refractivity (Wildman–Crippen MR) is 74.5 cm³/mol. The van der Waals surface area contributed by atoms with E-state index in [4.69, 9.17) is 11.6 Å². The van der Waals surface area contributed by atoms with Gasteiger partial charge in [-0.2, -0.15) is 13.2 Å². The second-order valence-corrected chi connectivity index (χ2v) is 5.19. The van der Waals surface area contributed by atoms with E-state index in [-0.39, 0.29) is 26.2 Å². The highest BCUT2D eigenvalue weighted by atomic mass is 35.5. The maximum absolute atomic E-state index is 13.3.